The lowest BCUT2D eigenvalue weighted by atomic mass is 10.2. The zero-order valence-corrected chi connectivity index (χ0v) is 10.8. The van der Waals surface area contributed by atoms with Gasteiger partial charge in [-0.15, -0.1) is 0 Å². The summed E-state index contributed by atoms with van der Waals surface area (Å²) in [4.78, 5) is 19.4. The highest BCUT2D eigenvalue weighted by molar-refractivity contribution is 6.05. The highest BCUT2D eigenvalue weighted by Gasteiger charge is 2.11. The van der Waals surface area contributed by atoms with Crippen LogP contribution < -0.4 is 5.32 Å². The summed E-state index contributed by atoms with van der Waals surface area (Å²) < 4.78 is 0. The van der Waals surface area contributed by atoms with Gasteiger partial charge in [0, 0.05) is 11.9 Å². The fourth-order valence-corrected chi connectivity index (χ4v) is 2.06. The number of carbonyl (C=O) groups excluding carboxylic acids is 1. The van der Waals surface area contributed by atoms with E-state index < -0.39 is 0 Å². The van der Waals surface area contributed by atoms with Crippen LogP contribution in [0.3, 0.4) is 0 Å². The zero-order valence-electron chi connectivity index (χ0n) is 10.8. The molecule has 100 valence electrons. The molecule has 0 aliphatic heterocycles. The Morgan fingerprint density at radius 3 is 2.90 bits per heavy atom. The van der Waals surface area contributed by atoms with Crippen LogP contribution in [0.2, 0.25) is 0 Å². The van der Waals surface area contributed by atoms with Gasteiger partial charge in [0.1, 0.15) is 11.4 Å². The maximum absolute atomic E-state index is 12.2. The molecule has 20 heavy (non-hydrogen) atoms. The van der Waals surface area contributed by atoms with E-state index in [0.717, 1.165) is 16.6 Å². The number of hydrogen-bond donors (Lipinski definition) is 3. The van der Waals surface area contributed by atoms with Gasteiger partial charge in [-0.05, 0) is 48.9 Å². The van der Waals surface area contributed by atoms with Crippen molar-refractivity contribution in [2.75, 3.05) is 5.32 Å². The number of phenols is 1. The molecule has 5 nitrogen and oxygen atoms in total. The van der Waals surface area contributed by atoms with Gasteiger partial charge in [0.15, 0.2) is 0 Å². The van der Waals surface area contributed by atoms with Crippen molar-refractivity contribution in [3.63, 3.8) is 0 Å². The van der Waals surface area contributed by atoms with Crippen LogP contribution in [-0.4, -0.2) is 21.0 Å². The second kappa shape index (κ2) is 4.70. The average molecular weight is 267 g/mol. The molecule has 2 heterocycles. The van der Waals surface area contributed by atoms with Crippen molar-refractivity contribution in [1.82, 2.24) is 9.97 Å². The quantitative estimate of drug-likeness (QED) is 0.625. The molecule has 3 aromatic rings. The molecular formula is C15H13N3O2. The highest BCUT2D eigenvalue weighted by Crippen LogP contribution is 2.21. The molecule has 3 N–H and O–H groups in total. The Hall–Kier alpha value is -2.82. The van der Waals surface area contributed by atoms with Crippen LogP contribution in [0.25, 0.3) is 11.0 Å². The number of fused-ring (bicyclic) bond motifs is 1. The number of aryl methyl sites for hydroxylation is 1. The number of benzene rings is 1. The lowest BCUT2D eigenvalue weighted by Gasteiger charge is -2.07. The molecule has 0 spiro atoms. The highest BCUT2D eigenvalue weighted by atomic mass is 16.3. The summed E-state index contributed by atoms with van der Waals surface area (Å²) >= 11 is 0. The van der Waals surface area contributed by atoms with Gasteiger partial charge < -0.3 is 15.4 Å². The summed E-state index contributed by atoms with van der Waals surface area (Å²) in [6.45, 7) is 1.82. The minimum Gasteiger partial charge on any atom is -0.508 e. The van der Waals surface area contributed by atoms with Crippen molar-refractivity contribution < 1.29 is 9.90 Å². The first-order valence-corrected chi connectivity index (χ1v) is 6.18. The number of amides is 1. The molecule has 0 unspecified atom stereocenters. The Morgan fingerprint density at radius 2 is 2.15 bits per heavy atom. The fraction of sp³-hybridized carbons (Fsp3) is 0.0667. The molecule has 3 rings (SSSR count). The van der Waals surface area contributed by atoms with E-state index in [-0.39, 0.29) is 11.7 Å². The zero-order chi connectivity index (χ0) is 14.1. The maximum atomic E-state index is 12.2. The van der Waals surface area contributed by atoms with Gasteiger partial charge in [-0.25, -0.2) is 0 Å². The Bertz CT molecular complexity index is 760. The predicted octanol–water partition coefficient (Wildman–Crippen LogP) is 2.83. The first kappa shape index (κ1) is 12.2. The van der Waals surface area contributed by atoms with Crippen molar-refractivity contribution >= 4 is 22.6 Å². The van der Waals surface area contributed by atoms with E-state index in [0.29, 0.717) is 11.4 Å². The van der Waals surface area contributed by atoms with Gasteiger partial charge in [-0.2, -0.15) is 0 Å². The second-order valence-corrected chi connectivity index (χ2v) is 4.57. The number of aromatic nitrogens is 2. The SMILES string of the molecule is Cc1cc(O)ccc1NC(=O)c1cc2ncccc2[nH]1. The lowest BCUT2D eigenvalue weighted by molar-refractivity contribution is 0.102. The number of nitrogens with one attached hydrogen (secondary N) is 2. The number of hydrogen-bond acceptors (Lipinski definition) is 3. The third kappa shape index (κ3) is 2.21. The summed E-state index contributed by atoms with van der Waals surface area (Å²) in [5, 5.41) is 12.2. The Labute approximate surface area is 115 Å². The first-order chi connectivity index (χ1) is 9.63. The fourth-order valence-electron chi connectivity index (χ4n) is 2.06. The number of phenolic OH excluding ortho intramolecular Hbond substituents is 1. The normalized spacial score (nSPS) is 10.7. The van der Waals surface area contributed by atoms with Gasteiger partial charge in [-0.1, -0.05) is 0 Å². The monoisotopic (exact) mass is 267 g/mol. The summed E-state index contributed by atoms with van der Waals surface area (Å²) in [5.74, 6) is -0.0629. The van der Waals surface area contributed by atoms with E-state index in [1.165, 1.54) is 6.07 Å². The molecule has 0 fully saturated rings. The van der Waals surface area contributed by atoms with E-state index in [4.69, 9.17) is 0 Å². The summed E-state index contributed by atoms with van der Waals surface area (Å²) in [6.07, 6.45) is 1.68. The molecule has 0 radical (unpaired) electrons. The van der Waals surface area contributed by atoms with Crippen LogP contribution in [0.15, 0.2) is 42.6 Å². The van der Waals surface area contributed by atoms with Crippen molar-refractivity contribution in [2.24, 2.45) is 0 Å². The first-order valence-electron chi connectivity index (χ1n) is 6.18. The molecule has 1 aromatic carbocycles. The molecule has 0 saturated carbocycles. The van der Waals surface area contributed by atoms with Crippen LogP contribution in [-0.2, 0) is 0 Å². The van der Waals surface area contributed by atoms with Gasteiger partial charge in [0.25, 0.3) is 5.91 Å². The van der Waals surface area contributed by atoms with Crippen molar-refractivity contribution in [2.45, 2.75) is 6.92 Å². The van der Waals surface area contributed by atoms with E-state index in [1.54, 1.807) is 24.4 Å². The van der Waals surface area contributed by atoms with E-state index >= 15 is 0 Å². The van der Waals surface area contributed by atoms with Gasteiger partial charge in [0.05, 0.1) is 11.0 Å². The molecule has 0 aliphatic carbocycles. The Morgan fingerprint density at radius 1 is 1.30 bits per heavy atom. The molecule has 0 bridgehead atoms. The minimum absolute atomic E-state index is 0.176. The number of H-pyrrole nitrogens is 1. The molecule has 0 atom stereocenters. The molecule has 0 aliphatic rings. The summed E-state index contributed by atoms with van der Waals surface area (Å²) in [7, 11) is 0. The number of anilines is 1. The number of nitrogens with zero attached hydrogens (tertiary/aromatic N) is 1. The van der Waals surface area contributed by atoms with E-state index in [1.807, 2.05) is 19.1 Å². The van der Waals surface area contributed by atoms with E-state index in [2.05, 4.69) is 15.3 Å². The van der Waals surface area contributed by atoms with Crippen LogP contribution in [0.5, 0.6) is 5.75 Å². The van der Waals surface area contributed by atoms with Crippen LogP contribution in [0, 0.1) is 6.92 Å². The molecular weight excluding hydrogens is 254 g/mol. The molecule has 1 amide bonds. The Balaban J connectivity index is 1.89. The van der Waals surface area contributed by atoms with Gasteiger partial charge >= 0.3 is 0 Å². The van der Waals surface area contributed by atoms with E-state index in [9.17, 15) is 9.90 Å². The number of carbonyl (C=O) groups is 1. The molecule has 0 saturated heterocycles. The minimum atomic E-state index is -0.239. The number of rotatable bonds is 2. The standard InChI is InChI=1S/C15H13N3O2/c1-9-7-10(19)4-5-11(9)18-15(20)14-8-13-12(17-14)3-2-6-16-13/h2-8,17,19H,1H3,(H,18,20). The van der Waals surface area contributed by atoms with Crippen molar-refractivity contribution in [3.05, 3.63) is 53.9 Å². The average Bonchev–Trinajstić information content (AvgIpc) is 2.86. The molecule has 2 aromatic heterocycles. The van der Waals surface area contributed by atoms with Crippen LogP contribution >= 0.6 is 0 Å². The number of aromatic amines is 1. The van der Waals surface area contributed by atoms with Crippen LogP contribution in [0.1, 0.15) is 16.1 Å². The largest absolute Gasteiger partial charge is 0.508 e. The third-order valence-electron chi connectivity index (χ3n) is 3.09. The smallest absolute Gasteiger partial charge is 0.272 e. The predicted molar refractivity (Wildman–Crippen MR) is 76.9 cm³/mol. The number of aromatic hydroxyl groups is 1. The lowest BCUT2D eigenvalue weighted by Crippen LogP contribution is -2.12. The molecule has 5 heteroatoms. The summed E-state index contributed by atoms with van der Waals surface area (Å²) in [5.41, 5.74) is 3.48. The number of pyridine rings is 1. The van der Waals surface area contributed by atoms with Crippen molar-refractivity contribution in [1.29, 1.82) is 0 Å². The summed E-state index contributed by atoms with van der Waals surface area (Å²) in [6, 6.07) is 10.2. The van der Waals surface area contributed by atoms with Gasteiger partial charge in [0.2, 0.25) is 0 Å². The van der Waals surface area contributed by atoms with Crippen LogP contribution in [0.4, 0.5) is 5.69 Å². The topological polar surface area (TPSA) is 78.0 Å². The van der Waals surface area contributed by atoms with Gasteiger partial charge in [-0.3, -0.25) is 9.78 Å². The third-order valence-corrected chi connectivity index (χ3v) is 3.09. The maximum Gasteiger partial charge on any atom is 0.272 e. The second-order valence-electron chi connectivity index (χ2n) is 4.57. The Kier molecular flexibility index (Phi) is 2.87. The van der Waals surface area contributed by atoms with Crippen molar-refractivity contribution in [3.8, 4) is 5.75 Å².